The molecule has 2 aromatic heterocycles. The summed E-state index contributed by atoms with van der Waals surface area (Å²) in [5.41, 5.74) is 0.293. The molecule has 2 heterocycles. The molecule has 0 aliphatic heterocycles. The number of thiophene rings is 1. The van der Waals surface area contributed by atoms with Gasteiger partial charge in [-0.15, -0.1) is 11.3 Å². The van der Waals surface area contributed by atoms with E-state index in [1.165, 1.54) is 0 Å². The Bertz CT molecular complexity index is 659. The molecule has 2 aromatic rings. The minimum absolute atomic E-state index is 0.139. The van der Waals surface area contributed by atoms with E-state index in [1.807, 2.05) is 17.5 Å². The van der Waals surface area contributed by atoms with Gasteiger partial charge in [-0.1, -0.05) is 6.07 Å². The molecule has 23 heavy (non-hydrogen) atoms. The van der Waals surface area contributed by atoms with E-state index in [4.69, 9.17) is 4.74 Å². The van der Waals surface area contributed by atoms with Crippen LogP contribution in [0.4, 0.5) is 10.6 Å². The van der Waals surface area contributed by atoms with Crippen LogP contribution in [0.2, 0.25) is 0 Å². The van der Waals surface area contributed by atoms with Crippen molar-refractivity contribution in [1.82, 2.24) is 15.5 Å². The molecule has 124 valence electrons. The summed E-state index contributed by atoms with van der Waals surface area (Å²) in [4.78, 5) is 24.3. The lowest BCUT2D eigenvalue weighted by Crippen LogP contribution is -2.34. The SMILES string of the molecule is CC(C)(C)OC(=O)NCCC(=O)Nc1cc(-c2cccs2)[nH]n1. The van der Waals surface area contributed by atoms with Crippen molar-refractivity contribution in [3.8, 4) is 10.6 Å². The van der Waals surface area contributed by atoms with Gasteiger partial charge in [0.1, 0.15) is 5.60 Å². The van der Waals surface area contributed by atoms with Gasteiger partial charge in [0, 0.05) is 19.0 Å². The highest BCUT2D eigenvalue weighted by Crippen LogP contribution is 2.24. The van der Waals surface area contributed by atoms with Crippen LogP contribution in [0.1, 0.15) is 27.2 Å². The van der Waals surface area contributed by atoms with Crippen LogP contribution < -0.4 is 10.6 Å². The lowest BCUT2D eigenvalue weighted by molar-refractivity contribution is -0.116. The predicted molar refractivity (Wildman–Crippen MR) is 89.4 cm³/mol. The molecule has 2 amide bonds. The summed E-state index contributed by atoms with van der Waals surface area (Å²) in [5, 5.41) is 14.1. The molecule has 2 rings (SSSR count). The van der Waals surface area contributed by atoms with E-state index in [9.17, 15) is 9.59 Å². The van der Waals surface area contributed by atoms with Gasteiger partial charge in [-0.3, -0.25) is 9.89 Å². The summed E-state index contributed by atoms with van der Waals surface area (Å²) in [6.07, 6.45) is -0.398. The van der Waals surface area contributed by atoms with E-state index >= 15 is 0 Å². The van der Waals surface area contributed by atoms with Crippen LogP contribution in [0.5, 0.6) is 0 Å². The Morgan fingerprint density at radius 1 is 1.39 bits per heavy atom. The van der Waals surface area contributed by atoms with Crippen molar-refractivity contribution in [3.63, 3.8) is 0 Å². The molecule has 0 aromatic carbocycles. The first-order chi connectivity index (χ1) is 10.8. The summed E-state index contributed by atoms with van der Waals surface area (Å²) in [6, 6.07) is 5.68. The first-order valence-corrected chi connectivity index (χ1v) is 8.07. The lowest BCUT2D eigenvalue weighted by atomic mass is 10.2. The summed E-state index contributed by atoms with van der Waals surface area (Å²) in [5.74, 6) is 0.223. The molecule has 0 fully saturated rings. The quantitative estimate of drug-likeness (QED) is 0.782. The Morgan fingerprint density at radius 3 is 2.83 bits per heavy atom. The number of rotatable bonds is 5. The van der Waals surface area contributed by atoms with Crippen LogP contribution >= 0.6 is 11.3 Å². The maximum Gasteiger partial charge on any atom is 0.407 e. The van der Waals surface area contributed by atoms with E-state index in [2.05, 4.69) is 20.8 Å². The third kappa shape index (κ3) is 5.74. The molecule has 0 saturated carbocycles. The molecule has 3 N–H and O–H groups in total. The highest BCUT2D eigenvalue weighted by molar-refractivity contribution is 7.13. The molecular weight excluding hydrogens is 316 g/mol. The minimum Gasteiger partial charge on any atom is -0.444 e. The van der Waals surface area contributed by atoms with Gasteiger partial charge in [-0.25, -0.2) is 4.79 Å². The third-order valence-electron chi connectivity index (χ3n) is 2.65. The molecule has 0 atom stereocenters. The van der Waals surface area contributed by atoms with Crippen molar-refractivity contribution in [2.45, 2.75) is 32.8 Å². The van der Waals surface area contributed by atoms with Crippen molar-refractivity contribution in [2.75, 3.05) is 11.9 Å². The van der Waals surface area contributed by atoms with Crippen LogP contribution in [0.3, 0.4) is 0 Å². The molecule has 7 nitrogen and oxygen atoms in total. The number of hydrogen-bond donors (Lipinski definition) is 3. The number of H-pyrrole nitrogens is 1. The van der Waals surface area contributed by atoms with Crippen LogP contribution in [0, 0.1) is 0 Å². The van der Waals surface area contributed by atoms with Gasteiger partial charge in [0.2, 0.25) is 5.91 Å². The predicted octanol–water partition coefficient (Wildman–Crippen LogP) is 2.99. The number of nitrogens with one attached hydrogen (secondary N) is 3. The average Bonchev–Trinajstić information content (AvgIpc) is 3.06. The van der Waals surface area contributed by atoms with Gasteiger partial charge in [0.05, 0.1) is 10.6 Å². The Morgan fingerprint density at radius 2 is 2.17 bits per heavy atom. The summed E-state index contributed by atoms with van der Waals surface area (Å²) in [6.45, 7) is 5.54. The zero-order chi connectivity index (χ0) is 16.9. The number of carbonyl (C=O) groups excluding carboxylic acids is 2. The first-order valence-electron chi connectivity index (χ1n) is 7.19. The Hall–Kier alpha value is -2.35. The van der Waals surface area contributed by atoms with E-state index in [-0.39, 0.29) is 18.9 Å². The van der Waals surface area contributed by atoms with E-state index in [0.29, 0.717) is 5.82 Å². The monoisotopic (exact) mass is 336 g/mol. The number of aromatic amines is 1. The molecule has 0 bridgehead atoms. The largest absolute Gasteiger partial charge is 0.444 e. The molecule has 0 unspecified atom stereocenters. The maximum absolute atomic E-state index is 11.8. The smallest absolute Gasteiger partial charge is 0.407 e. The fourth-order valence-electron chi connectivity index (χ4n) is 1.74. The first kappa shape index (κ1) is 17.0. The minimum atomic E-state index is -0.556. The van der Waals surface area contributed by atoms with Gasteiger partial charge in [-0.2, -0.15) is 5.10 Å². The van der Waals surface area contributed by atoms with Crippen molar-refractivity contribution in [3.05, 3.63) is 23.6 Å². The number of amides is 2. The zero-order valence-corrected chi connectivity index (χ0v) is 14.1. The normalized spacial score (nSPS) is 11.1. The number of aromatic nitrogens is 2. The van der Waals surface area contributed by atoms with Crippen LogP contribution in [-0.2, 0) is 9.53 Å². The van der Waals surface area contributed by atoms with Crippen LogP contribution in [0.15, 0.2) is 23.6 Å². The number of nitrogens with zero attached hydrogens (tertiary/aromatic N) is 1. The van der Waals surface area contributed by atoms with Gasteiger partial charge in [0.25, 0.3) is 0 Å². The highest BCUT2D eigenvalue weighted by atomic mass is 32.1. The van der Waals surface area contributed by atoms with Crippen LogP contribution in [0.25, 0.3) is 10.6 Å². The molecule has 8 heteroatoms. The standard InChI is InChI=1S/C15H20N4O3S/c1-15(2,3)22-14(21)16-7-6-13(20)17-12-9-10(18-19-12)11-5-4-8-23-11/h4-5,8-9H,6-7H2,1-3H3,(H,16,21)(H2,17,18,19,20). The number of ether oxygens (including phenoxy) is 1. The fraction of sp³-hybridized carbons (Fsp3) is 0.400. The topological polar surface area (TPSA) is 96.1 Å². The van der Waals surface area contributed by atoms with Crippen molar-refractivity contribution < 1.29 is 14.3 Å². The second-order valence-electron chi connectivity index (χ2n) is 5.87. The average molecular weight is 336 g/mol. The number of carbonyl (C=O) groups is 2. The van der Waals surface area contributed by atoms with Crippen LogP contribution in [-0.4, -0.2) is 34.3 Å². The summed E-state index contributed by atoms with van der Waals surface area (Å²) < 4.78 is 5.08. The fourth-order valence-corrected chi connectivity index (χ4v) is 2.43. The zero-order valence-electron chi connectivity index (χ0n) is 13.3. The molecule has 0 spiro atoms. The molecule has 0 saturated heterocycles. The van der Waals surface area contributed by atoms with Crippen molar-refractivity contribution in [2.24, 2.45) is 0 Å². The lowest BCUT2D eigenvalue weighted by Gasteiger charge is -2.19. The summed E-state index contributed by atoms with van der Waals surface area (Å²) >= 11 is 1.58. The Balaban J connectivity index is 1.74. The Labute approximate surface area is 138 Å². The maximum atomic E-state index is 11.8. The van der Waals surface area contributed by atoms with Gasteiger partial charge < -0.3 is 15.4 Å². The molecule has 0 aliphatic carbocycles. The third-order valence-corrected chi connectivity index (χ3v) is 3.56. The number of hydrogen-bond acceptors (Lipinski definition) is 5. The van der Waals surface area contributed by atoms with E-state index < -0.39 is 11.7 Å². The second kappa shape index (κ2) is 7.28. The van der Waals surface area contributed by atoms with Gasteiger partial charge in [-0.05, 0) is 32.2 Å². The van der Waals surface area contributed by atoms with Crippen molar-refractivity contribution in [1.29, 1.82) is 0 Å². The van der Waals surface area contributed by atoms with Gasteiger partial charge in [0.15, 0.2) is 5.82 Å². The van der Waals surface area contributed by atoms with Gasteiger partial charge >= 0.3 is 6.09 Å². The summed E-state index contributed by atoms with van der Waals surface area (Å²) in [7, 11) is 0. The Kier molecular flexibility index (Phi) is 5.38. The highest BCUT2D eigenvalue weighted by Gasteiger charge is 2.16. The molecule has 0 aliphatic rings. The number of anilines is 1. The molecule has 0 radical (unpaired) electrons. The molecular formula is C15H20N4O3S. The van der Waals surface area contributed by atoms with E-state index in [1.54, 1.807) is 38.2 Å². The number of alkyl carbamates (subject to hydrolysis) is 1. The van der Waals surface area contributed by atoms with Crippen molar-refractivity contribution >= 4 is 29.2 Å². The van der Waals surface area contributed by atoms with E-state index in [0.717, 1.165) is 10.6 Å². The second-order valence-corrected chi connectivity index (χ2v) is 6.82.